The van der Waals surface area contributed by atoms with Crippen molar-refractivity contribution in [2.24, 2.45) is 0 Å². The predicted octanol–water partition coefficient (Wildman–Crippen LogP) is 6.78. The van der Waals surface area contributed by atoms with E-state index in [2.05, 4.69) is 11.4 Å². The van der Waals surface area contributed by atoms with E-state index in [1.165, 1.54) is 0 Å². The summed E-state index contributed by atoms with van der Waals surface area (Å²) in [5, 5.41) is 3.90. The van der Waals surface area contributed by atoms with Gasteiger partial charge in [0.25, 0.3) is 0 Å². The van der Waals surface area contributed by atoms with Gasteiger partial charge in [-0.05, 0) is 73.4 Å². The zero-order valence-corrected chi connectivity index (χ0v) is 19.5. The summed E-state index contributed by atoms with van der Waals surface area (Å²) in [5.41, 5.74) is 7.29. The van der Waals surface area contributed by atoms with Gasteiger partial charge in [-0.1, -0.05) is 18.2 Å². The Hall–Kier alpha value is -3.99. The van der Waals surface area contributed by atoms with Gasteiger partial charge < -0.3 is 19.2 Å². The van der Waals surface area contributed by atoms with Crippen LogP contribution in [0.15, 0.2) is 71.4 Å². The van der Waals surface area contributed by atoms with Crippen LogP contribution in [0.1, 0.15) is 23.6 Å². The van der Waals surface area contributed by atoms with Crippen molar-refractivity contribution in [1.29, 1.82) is 0 Å². The largest absolute Gasteiger partial charge is 0.497 e. The highest BCUT2D eigenvalue weighted by Gasteiger charge is 2.15. The van der Waals surface area contributed by atoms with E-state index in [1.807, 2.05) is 69.3 Å². The van der Waals surface area contributed by atoms with Crippen molar-refractivity contribution < 1.29 is 18.7 Å². The molecule has 0 aliphatic rings. The number of amides is 1. The van der Waals surface area contributed by atoms with E-state index < -0.39 is 0 Å². The Balaban J connectivity index is 1.69. The number of benzene rings is 3. The first-order valence-electron chi connectivity index (χ1n) is 10.7. The van der Waals surface area contributed by atoms with Gasteiger partial charge in [-0.25, -0.2) is 0 Å². The Morgan fingerprint density at radius 1 is 0.939 bits per heavy atom. The maximum Gasteiger partial charge on any atom is 0.248 e. The molecule has 3 aromatic carbocycles. The third kappa shape index (κ3) is 4.77. The average Bonchev–Trinajstić information content (AvgIpc) is 3.20. The summed E-state index contributed by atoms with van der Waals surface area (Å²) in [6.45, 7) is 5.92. The fourth-order valence-electron chi connectivity index (χ4n) is 4.03. The number of anilines is 1. The molecule has 1 aromatic heterocycles. The van der Waals surface area contributed by atoms with Crippen molar-refractivity contribution in [2.45, 2.75) is 20.8 Å². The highest BCUT2D eigenvalue weighted by molar-refractivity contribution is 6.05. The second-order valence-corrected chi connectivity index (χ2v) is 8.12. The van der Waals surface area contributed by atoms with Gasteiger partial charge in [0.15, 0.2) is 0 Å². The molecular formula is C28H27NO4. The van der Waals surface area contributed by atoms with Gasteiger partial charge in [-0.2, -0.15) is 0 Å². The van der Waals surface area contributed by atoms with E-state index in [1.54, 1.807) is 26.6 Å². The monoisotopic (exact) mass is 441 g/mol. The normalized spacial score (nSPS) is 11.5. The summed E-state index contributed by atoms with van der Waals surface area (Å²) in [4.78, 5) is 12.7. The summed E-state index contributed by atoms with van der Waals surface area (Å²) in [5.74, 6) is 1.25. The summed E-state index contributed by atoms with van der Waals surface area (Å²) in [7, 11) is 3.26. The summed E-state index contributed by atoms with van der Waals surface area (Å²) >= 11 is 0. The number of carbonyl (C=O) groups excluding carboxylic acids is 1. The molecule has 5 nitrogen and oxygen atoms in total. The third-order valence-electron chi connectivity index (χ3n) is 5.56. The second-order valence-electron chi connectivity index (χ2n) is 8.12. The lowest BCUT2D eigenvalue weighted by Crippen LogP contribution is -2.09. The van der Waals surface area contributed by atoms with Crippen LogP contribution in [-0.2, 0) is 4.79 Å². The number of furan rings is 1. The number of hydrogen-bond donors (Lipinski definition) is 1. The number of methoxy groups -OCH3 is 2. The first kappa shape index (κ1) is 22.2. The van der Waals surface area contributed by atoms with Crippen LogP contribution in [0.3, 0.4) is 0 Å². The SMILES string of the molecule is COc1ccc(-c2coc3cc(OC)c(/C(C)=C/C(=O)Nc4cc(C)cc(C)c4)cc23)cc1. The lowest BCUT2D eigenvalue weighted by molar-refractivity contribution is -0.111. The zero-order valence-electron chi connectivity index (χ0n) is 19.5. The van der Waals surface area contributed by atoms with Crippen molar-refractivity contribution in [3.8, 4) is 22.6 Å². The molecule has 0 saturated heterocycles. The summed E-state index contributed by atoms with van der Waals surface area (Å²) in [6, 6.07) is 17.7. The zero-order chi connectivity index (χ0) is 23.5. The highest BCUT2D eigenvalue weighted by Crippen LogP contribution is 2.37. The average molecular weight is 442 g/mol. The van der Waals surface area contributed by atoms with Crippen molar-refractivity contribution in [3.05, 3.63) is 83.6 Å². The lowest BCUT2D eigenvalue weighted by Gasteiger charge is -2.11. The number of ether oxygens (including phenoxy) is 2. The van der Waals surface area contributed by atoms with Gasteiger partial charge >= 0.3 is 0 Å². The molecule has 0 spiro atoms. The Morgan fingerprint density at radius 2 is 1.64 bits per heavy atom. The molecule has 5 heteroatoms. The fraction of sp³-hybridized carbons (Fsp3) is 0.179. The lowest BCUT2D eigenvalue weighted by atomic mass is 9.99. The molecule has 0 atom stereocenters. The Labute approximate surface area is 193 Å². The number of nitrogens with one attached hydrogen (secondary N) is 1. The number of rotatable bonds is 6. The molecule has 1 amide bonds. The first-order chi connectivity index (χ1) is 15.9. The number of fused-ring (bicyclic) bond motifs is 1. The van der Waals surface area contributed by atoms with E-state index in [4.69, 9.17) is 13.9 Å². The quantitative estimate of drug-likeness (QED) is 0.335. The highest BCUT2D eigenvalue weighted by atomic mass is 16.5. The van der Waals surface area contributed by atoms with Crippen LogP contribution in [-0.4, -0.2) is 20.1 Å². The van der Waals surface area contributed by atoms with Crippen LogP contribution < -0.4 is 14.8 Å². The predicted molar refractivity (Wildman–Crippen MR) is 133 cm³/mol. The Kier molecular flexibility index (Phi) is 6.22. The van der Waals surface area contributed by atoms with E-state index in [0.717, 1.165) is 50.2 Å². The molecule has 4 rings (SSSR count). The Morgan fingerprint density at radius 3 is 2.27 bits per heavy atom. The maximum atomic E-state index is 12.7. The molecule has 0 radical (unpaired) electrons. The van der Waals surface area contributed by atoms with Crippen LogP contribution in [0.5, 0.6) is 11.5 Å². The summed E-state index contributed by atoms with van der Waals surface area (Å²) in [6.07, 6.45) is 3.33. The van der Waals surface area contributed by atoms with Crippen molar-refractivity contribution in [2.75, 3.05) is 19.5 Å². The molecular weight excluding hydrogens is 414 g/mol. The minimum absolute atomic E-state index is 0.192. The molecule has 1 heterocycles. The molecule has 0 aliphatic carbocycles. The molecule has 0 saturated carbocycles. The van der Waals surface area contributed by atoms with Crippen LogP contribution in [0.2, 0.25) is 0 Å². The standard InChI is InChI=1S/C28H27NO4/c1-17-10-18(2)12-21(11-17)29-28(30)13-19(3)23-14-24-25(16-33-27(24)15-26(23)32-5)20-6-8-22(31-4)9-7-20/h6-16H,1-5H3,(H,29,30)/b19-13+. The van der Waals surface area contributed by atoms with E-state index >= 15 is 0 Å². The van der Waals surface area contributed by atoms with Crippen LogP contribution in [0.25, 0.3) is 27.7 Å². The molecule has 0 fully saturated rings. The van der Waals surface area contributed by atoms with Crippen LogP contribution in [0.4, 0.5) is 5.69 Å². The van der Waals surface area contributed by atoms with Crippen molar-refractivity contribution in [1.82, 2.24) is 0 Å². The minimum Gasteiger partial charge on any atom is -0.497 e. The topological polar surface area (TPSA) is 60.7 Å². The van der Waals surface area contributed by atoms with Gasteiger partial charge in [-0.3, -0.25) is 4.79 Å². The van der Waals surface area contributed by atoms with Crippen molar-refractivity contribution >= 4 is 28.1 Å². The molecule has 33 heavy (non-hydrogen) atoms. The molecule has 1 N–H and O–H groups in total. The van der Waals surface area contributed by atoms with Crippen LogP contribution >= 0.6 is 0 Å². The Bertz CT molecular complexity index is 1330. The molecule has 0 aliphatic heterocycles. The van der Waals surface area contributed by atoms with Gasteiger partial charge in [-0.15, -0.1) is 0 Å². The van der Waals surface area contributed by atoms with Gasteiger partial charge in [0.1, 0.15) is 17.1 Å². The summed E-state index contributed by atoms with van der Waals surface area (Å²) < 4.78 is 16.7. The number of hydrogen-bond acceptors (Lipinski definition) is 4. The van der Waals surface area contributed by atoms with E-state index in [-0.39, 0.29) is 5.91 Å². The molecule has 0 bridgehead atoms. The number of aryl methyl sites for hydroxylation is 2. The first-order valence-corrected chi connectivity index (χ1v) is 10.7. The van der Waals surface area contributed by atoms with Gasteiger partial charge in [0, 0.05) is 34.3 Å². The van der Waals surface area contributed by atoms with Gasteiger partial charge in [0.2, 0.25) is 5.91 Å². The molecule has 4 aromatic rings. The molecule has 0 unspecified atom stereocenters. The van der Waals surface area contributed by atoms with Gasteiger partial charge in [0.05, 0.1) is 20.5 Å². The smallest absolute Gasteiger partial charge is 0.248 e. The van der Waals surface area contributed by atoms with Crippen molar-refractivity contribution in [3.63, 3.8) is 0 Å². The molecule has 168 valence electrons. The second kappa shape index (κ2) is 9.25. The van der Waals surface area contributed by atoms with E-state index in [0.29, 0.717) is 11.3 Å². The maximum absolute atomic E-state index is 12.7. The number of carbonyl (C=O) groups is 1. The van der Waals surface area contributed by atoms with E-state index in [9.17, 15) is 4.79 Å². The fourth-order valence-corrected chi connectivity index (χ4v) is 4.03. The minimum atomic E-state index is -0.192. The third-order valence-corrected chi connectivity index (χ3v) is 5.56. The van der Waals surface area contributed by atoms with Crippen LogP contribution in [0, 0.1) is 13.8 Å². The number of allylic oxidation sites excluding steroid dienone is 1.